The molecule has 78 valence electrons. The second kappa shape index (κ2) is 3.78. The molecule has 0 atom stereocenters. The molecule has 0 bridgehead atoms. The summed E-state index contributed by atoms with van der Waals surface area (Å²) >= 11 is 1.33. The number of hydrogen-bond acceptors (Lipinski definition) is 5. The van der Waals surface area contributed by atoms with Crippen LogP contribution < -0.4 is 10.5 Å². The topological polar surface area (TPSA) is 68.4 Å². The lowest BCUT2D eigenvalue weighted by molar-refractivity contribution is 0.374. The van der Waals surface area contributed by atoms with Crippen molar-refractivity contribution in [1.82, 2.24) is 4.98 Å². The third kappa shape index (κ3) is 1.73. The summed E-state index contributed by atoms with van der Waals surface area (Å²) in [6.07, 6.45) is 1.63. The van der Waals surface area contributed by atoms with Crippen molar-refractivity contribution in [3.05, 3.63) is 24.4 Å². The standard InChI is InChI=1S/C10H10N2O2S/c1-14-7-4-2-3-6(9(7)13)8-5-12-10(11)15-8/h2-5,13H,1H3,(H2,11,12). The van der Waals surface area contributed by atoms with E-state index >= 15 is 0 Å². The molecule has 1 aromatic heterocycles. The molecule has 5 heteroatoms. The quantitative estimate of drug-likeness (QED) is 0.816. The van der Waals surface area contributed by atoms with Crippen LogP contribution in [0.2, 0.25) is 0 Å². The normalized spacial score (nSPS) is 10.2. The third-order valence-electron chi connectivity index (χ3n) is 2.01. The van der Waals surface area contributed by atoms with Crippen LogP contribution >= 0.6 is 11.3 Å². The summed E-state index contributed by atoms with van der Waals surface area (Å²) in [5.74, 6) is 0.558. The Bertz CT molecular complexity index is 482. The number of nitrogens with zero attached hydrogens (tertiary/aromatic N) is 1. The lowest BCUT2D eigenvalue weighted by atomic mass is 10.1. The van der Waals surface area contributed by atoms with E-state index in [1.54, 1.807) is 18.3 Å². The minimum atomic E-state index is 0.114. The zero-order valence-electron chi connectivity index (χ0n) is 8.10. The van der Waals surface area contributed by atoms with Crippen molar-refractivity contribution in [2.75, 3.05) is 12.8 Å². The molecule has 1 aromatic carbocycles. The van der Waals surface area contributed by atoms with Crippen LogP contribution in [0.25, 0.3) is 10.4 Å². The monoisotopic (exact) mass is 222 g/mol. The van der Waals surface area contributed by atoms with Gasteiger partial charge < -0.3 is 15.6 Å². The molecule has 0 saturated heterocycles. The number of para-hydroxylation sites is 1. The summed E-state index contributed by atoms with van der Waals surface area (Å²) in [4.78, 5) is 4.76. The maximum Gasteiger partial charge on any atom is 0.180 e. The molecule has 15 heavy (non-hydrogen) atoms. The Hall–Kier alpha value is -1.75. The fourth-order valence-electron chi connectivity index (χ4n) is 1.30. The number of benzene rings is 1. The van der Waals surface area contributed by atoms with Crippen molar-refractivity contribution in [3.63, 3.8) is 0 Å². The van der Waals surface area contributed by atoms with Crippen LogP contribution in [0.15, 0.2) is 24.4 Å². The van der Waals surface area contributed by atoms with Crippen molar-refractivity contribution in [3.8, 4) is 21.9 Å². The van der Waals surface area contributed by atoms with Crippen LogP contribution in [0.4, 0.5) is 5.13 Å². The fourth-order valence-corrected chi connectivity index (χ4v) is 2.01. The number of thiazole rings is 1. The summed E-state index contributed by atoms with van der Waals surface area (Å²) in [6.45, 7) is 0. The summed E-state index contributed by atoms with van der Waals surface area (Å²) in [5, 5.41) is 10.3. The first-order valence-electron chi connectivity index (χ1n) is 4.30. The van der Waals surface area contributed by atoms with Crippen LogP contribution in [-0.4, -0.2) is 17.2 Å². The number of methoxy groups -OCH3 is 1. The Morgan fingerprint density at radius 1 is 1.47 bits per heavy atom. The molecule has 0 radical (unpaired) electrons. The number of anilines is 1. The molecular formula is C10H10N2O2S. The van der Waals surface area contributed by atoms with Gasteiger partial charge in [0.25, 0.3) is 0 Å². The van der Waals surface area contributed by atoms with Gasteiger partial charge in [-0.15, -0.1) is 0 Å². The van der Waals surface area contributed by atoms with Gasteiger partial charge in [-0.05, 0) is 12.1 Å². The van der Waals surface area contributed by atoms with Crippen molar-refractivity contribution < 1.29 is 9.84 Å². The molecule has 0 saturated carbocycles. The highest BCUT2D eigenvalue weighted by atomic mass is 32.1. The number of rotatable bonds is 2. The van der Waals surface area contributed by atoms with Gasteiger partial charge in [-0.1, -0.05) is 17.4 Å². The minimum absolute atomic E-state index is 0.114. The van der Waals surface area contributed by atoms with Crippen LogP contribution in [-0.2, 0) is 0 Å². The van der Waals surface area contributed by atoms with Gasteiger partial charge >= 0.3 is 0 Å². The average molecular weight is 222 g/mol. The number of phenolic OH excluding ortho intramolecular Hbond substituents is 1. The van der Waals surface area contributed by atoms with Gasteiger partial charge in [0.1, 0.15) is 0 Å². The SMILES string of the molecule is COc1cccc(-c2cnc(N)s2)c1O. The molecule has 0 fully saturated rings. The number of aromatic nitrogens is 1. The van der Waals surface area contributed by atoms with E-state index in [9.17, 15) is 5.11 Å². The highest BCUT2D eigenvalue weighted by molar-refractivity contribution is 7.18. The zero-order valence-corrected chi connectivity index (χ0v) is 8.91. The Morgan fingerprint density at radius 2 is 2.27 bits per heavy atom. The first-order chi connectivity index (χ1) is 7.22. The summed E-state index contributed by atoms with van der Waals surface area (Å²) in [5.41, 5.74) is 6.21. The van der Waals surface area contributed by atoms with Gasteiger partial charge in [-0.3, -0.25) is 0 Å². The fraction of sp³-hybridized carbons (Fsp3) is 0.100. The second-order valence-corrected chi connectivity index (χ2v) is 3.98. The van der Waals surface area contributed by atoms with Crippen molar-refractivity contribution in [2.24, 2.45) is 0 Å². The van der Waals surface area contributed by atoms with E-state index in [1.807, 2.05) is 6.07 Å². The number of hydrogen-bond donors (Lipinski definition) is 2. The number of phenols is 1. The van der Waals surface area contributed by atoms with Crippen LogP contribution in [0.3, 0.4) is 0 Å². The molecule has 0 aliphatic heterocycles. The molecule has 0 aliphatic carbocycles. The second-order valence-electron chi connectivity index (χ2n) is 2.92. The van der Waals surface area contributed by atoms with E-state index in [2.05, 4.69) is 4.98 Å². The molecule has 4 nitrogen and oxygen atoms in total. The van der Waals surface area contributed by atoms with Crippen molar-refractivity contribution >= 4 is 16.5 Å². The van der Waals surface area contributed by atoms with Crippen molar-refractivity contribution in [1.29, 1.82) is 0 Å². The van der Waals surface area contributed by atoms with E-state index in [4.69, 9.17) is 10.5 Å². The van der Waals surface area contributed by atoms with Gasteiger partial charge in [0.15, 0.2) is 16.6 Å². The Kier molecular flexibility index (Phi) is 2.47. The van der Waals surface area contributed by atoms with E-state index in [1.165, 1.54) is 18.4 Å². The predicted octanol–water partition coefficient (Wildman–Crippen LogP) is 2.11. The Morgan fingerprint density at radius 3 is 2.87 bits per heavy atom. The van der Waals surface area contributed by atoms with Gasteiger partial charge in [0.05, 0.1) is 12.0 Å². The van der Waals surface area contributed by atoms with E-state index in [-0.39, 0.29) is 5.75 Å². The van der Waals surface area contributed by atoms with Crippen LogP contribution in [0, 0.1) is 0 Å². The van der Waals surface area contributed by atoms with E-state index < -0.39 is 0 Å². The zero-order chi connectivity index (χ0) is 10.8. The highest BCUT2D eigenvalue weighted by Gasteiger charge is 2.11. The number of ether oxygens (including phenoxy) is 1. The summed E-state index contributed by atoms with van der Waals surface area (Å²) in [6, 6.07) is 5.30. The molecule has 0 unspecified atom stereocenters. The highest BCUT2D eigenvalue weighted by Crippen LogP contribution is 2.39. The van der Waals surface area contributed by atoms with E-state index in [0.717, 1.165) is 4.88 Å². The molecular weight excluding hydrogens is 212 g/mol. The molecule has 0 spiro atoms. The van der Waals surface area contributed by atoms with Gasteiger partial charge in [0, 0.05) is 11.8 Å². The maximum atomic E-state index is 9.86. The van der Waals surface area contributed by atoms with Crippen LogP contribution in [0.5, 0.6) is 11.5 Å². The molecule has 0 amide bonds. The van der Waals surface area contributed by atoms with Gasteiger partial charge in [0.2, 0.25) is 0 Å². The maximum absolute atomic E-state index is 9.86. The Labute approximate surface area is 91.0 Å². The van der Waals surface area contributed by atoms with E-state index in [0.29, 0.717) is 16.4 Å². The predicted molar refractivity (Wildman–Crippen MR) is 60.2 cm³/mol. The lowest BCUT2D eigenvalue weighted by Crippen LogP contribution is -1.84. The Balaban J connectivity index is 2.53. The number of nitrogen functional groups attached to an aromatic ring is 1. The third-order valence-corrected chi connectivity index (χ3v) is 2.87. The number of aromatic hydroxyl groups is 1. The average Bonchev–Trinajstić information content (AvgIpc) is 2.65. The van der Waals surface area contributed by atoms with Gasteiger partial charge in [-0.25, -0.2) is 4.98 Å². The smallest absolute Gasteiger partial charge is 0.180 e. The molecule has 3 N–H and O–H groups in total. The molecule has 1 heterocycles. The first kappa shape index (κ1) is 9.79. The van der Waals surface area contributed by atoms with Gasteiger partial charge in [-0.2, -0.15) is 0 Å². The largest absolute Gasteiger partial charge is 0.504 e. The summed E-state index contributed by atoms with van der Waals surface area (Å²) < 4.78 is 5.02. The molecule has 2 rings (SSSR count). The van der Waals surface area contributed by atoms with Crippen molar-refractivity contribution in [2.45, 2.75) is 0 Å². The molecule has 0 aliphatic rings. The number of nitrogens with two attached hydrogens (primary N) is 1. The minimum Gasteiger partial charge on any atom is -0.504 e. The first-order valence-corrected chi connectivity index (χ1v) is 5.11. The lowest BCUT2D eigenvalue weighted by Gasteiger charge is -2.06. The summed E-state index contributed by atoms with van der Waals surface area (Å²) in [7, 11) is 1.51. The van der Waals surface area contributed by atoms with Crippen LogP contribution in [0.1, 0.15) is 0 Å². The molecule has 2 aromatic rings.